The molecule has 2 rings (SSSR count). The third-order valence-electron chi connectivity index (χ3n) is 2.66. The SMILES string of the molecule is Fc1cc(Cl)cnc1NC(CCl)Cc1ccccc1. The van der Waals surface area contributed by atoms with E-state index in [2.05, 4.69) is 10.3 Å². The molecule has 5 heteroatoms. The van der Waals surface area contributed by atoms with Crippen LogP contribution in [0.2, 0.25) is 5.02 Å². The third-order valence-corrected chi connectivity index (χ3v) is 3.24. The molecule has 0 aliphatic carbocycles. The van der Waals surface area contributed by atoms with E-state index in [1.807, 2.05) is 30.3 Å². The van der Waals surface area contributed by atoms with E-state index in [4.69, 9.17) is 23.2 Å². The summed E-state index contributed by atoms with van der Waals surface area (Å²) in [6, 6.07) is 11.0. The molecule has 1 aromatic heterocycles. The van der Waals surface area contributed by atoms with E-state index in [9.17, 15) is 4.39 Å². The van der Waals surface area contributed by atoms with Gasteiger partial charge in [0.15, 0.2) is 11.6 Å². The van der Waals surface area contributed by atoms with Gasteiger partial charge in [-0.2, -0.15) is 0 Å². The maximum Gasteiger partial charge on any atom is 0.166 e. The van der Waals surface area contributed by atoms with E-state index >= 15 is 0 Å². The minimum Gasteiger partial charge on any atom is -0.363 e. The Morgan fingerprint density at radius 3 is 2.63 bits per heavy atom. The molecule has 0 saturated heterocycles. The molecule has 1 aromatic carbocycles. The van der Waals surface area contributed by atoms with Crippen molar-refractivity contribution >= 4 is 29.0 Å². The Labute approximate surface area is 121 Å². The van der Waals surface area contributed by atoms with Gasteiger partial charge in [0.1, 0.15) is 0 Å². The minimum absolute atomic E-state index is 0.0905. The van der Waals surface area contributed by atoms with E-state index in [1.54, 1.807) is 0 Å². The highest BCUT2D eigenvalue weighted by Crippen LogP contribution is 2.17. The molecule has 2 aromatic rings. The molecule has 0 bridgehead atoms. The molecule has 1 N–H and O–H groups in total. The second-order valence-electron chi connectivity index (χ2n) is 4.17. The lowest BCUT2D eigenvalue weighted by molar-refractivity contribution is 0.619. The number of hydrogen-bond donors (Lipinski definition) is 1. The second-order valence-corrected chi connectivity index (χ2v) is 4.91. The van der Waals surface area contributed by atoms with E-state index in [1.165, 1.54) is 12.3 Å². The fourth-order valence-electron chi connectivity index (χ4n) is 1.76. The number of rotatable bonds is 5. The summed E-state index contributed by atoms with van der Waals surface area (Å²) in [5.74, 6) is 0.0557. The van der Waals surface area contributed by atoms with Gasteiger partial charge in [-0.05, 0) is 18.1 Å². The first kappa shape index (κ1) is 14.1. The van der Waals surface area contributed by atoms with Gasteiger partial charge >= 0.3 is 0 Å². The Bertz CT molecular complexity index is 534. The summed E-state index contributed by atoms with van der Waals surface area (Å²) in [6.07, 6.45) is 2.11. The molecular weight excluding hydrogens is 286 g/mol. The van der Waals surface area contributed by atoms with Crippen LogP contribution in [-0.4, -0.2) is 16.9 Å². The van der Waals surface area contributed by atoms with Crippen LogP contribution < -0.4 is 5.32 Å². The zero-order valence-electron chi connectivity index (χ0n) is 10.1. The van der Waals surface area contributed by atoms with Gasteiger partial charge in [-0.1, -0.05) is 41.9 Å². The van der Waals surface area contributed by atoms with Gasteiger partial charge in [0.05, 0.1) is 5.02 Å². The summed E-state index contributed by atoms with van der Waals surface area (Å²) in [4.78, 5) is 3.93. The molecule has 2 nitrogen and oxygen atoms in total. The molecule has 0 aliphatic heterocycles. The third kappa shape index (κ3) is 4.08. The average Bonchev–Trinajstić information content (AvgIpc) is 2.42. The van der Waals surface area contributed by atoms with Crippen LogP contribution in [0.4, 0.5) is 10.2 Å². The van der Waals surface area contributed by atoms with Crippen molar-refractivity contribution in [2.24, 2.45) is 0 Å². The average molecular weight is 299 g/mol. The highest BCUT2D eigenvalue weighted by molar-refractivity contribution is 6.30. The van der Waals surface area contributed by atoms with Crippen LogP contribution in [0, 0.1) is 5.82 Å². The number of halogens is 3. The van der Waals surface area contributed by atoms with Crippen molar-refractivity contribution in [1.82, 2.24) is 4.98 Å². The number of nitrogens with one attached hydrogen (secondary N) is 1. The van der Waals surface area contributed by atoms with E-state index in [0.29, 0.717) is 12.3 Å². The number of nitrogens with zero attached hydrogens (tertiary/aromatic N) is 1. The number of alkyl halides is 1. The molecule has 1 heterocycles. The molecule has 0 aliphatic rings. The van der Waals surface area contributed by atoms with Crippen molar-refractivity contribution in [3.05, 3.63) is 59.0 Å². The summed E-state index contributed by atoms with van der Waals surface area (Å²) in [7, 11) is 0. The van der Waals surface area contributed by atoms with Crippen molar-refractivity contribution in [3.8, 4) is 0 Å². The normalized spacial score (nSPS) is 12.2. The number of hydrogen-bond acceptors (Lipinski definition) is 2. The predicted octanol–water partition coefficient (Wildman–Crippen LogP) is 4.14. The number of pyridine rings is 1. The van der Waals surface area contributed by atoms with Crippen molar-refractivity contribution < 1.29 is 4.39 Å². The largest absolute Gasteiger partial charge is 0.363 e. The first-order valence-electron chi connectivity index (χ1n) is 5.86. The maximum absolute atomic E-state index is 13.6. The van der Waals surface area contributed by atoms with Crippen LogP contribution in [0.3, 0.4) is 0 Å². The zero-order chi connectivity index (χ0) is 13.7. The Balaban J connectivity index is 2.06. The summed E-state index contributed by atoms with van der Waals surface area (Å²) in [5.41, 5.74) is 1.13. The molecule has 1 atom stereocenters. The lowest BCUT2D eigenvalue weighted by atomic mass is 10.1. The quantitative estimate of drug-likeness (QED) is 0.839. The fraction of sp³-hybridized carbons (Fsp3) is 0.214. The first-order chi connectivity index (χ1) is 9.19. The van der Waals surface area contributed by atoms with Gasteiger partial charge < -0.3 is 5.32 Å². The molecule has 0 amide bonds. The lowest BCUT2D eigenvalue weighted by Gasteiger charge is -2.17. The Kier molecular flexibility index (Phi) is 5.00. The van der Waals surface area contributed by atoms with Crippen LogP contribution in [0.15, 0.2) is 42.6 Å². The summed E-state index contributed by atoms with van der Waals surface area (Å²) >= 11 is 11.6. The lowest BCUT2D eigenvalue weighted by Crippen LogP contribution is -2.25. The maximum atomic E-state index is 13.6. The van der Waals surface area contributed by atoms with Crippen LogP contribution in [0.5, 0.6) is 0 Å². The van der Waals surface area contributed by atoms with Crippen LogP contribution >= 0.6 is 23.2 Å². The van der Waals surface area contributed by atoms with Gasteiger partial charge in [-0.15, -0.1) is 11.6 Å². The highest BCUT2D eigenvalue weighted by Gasteiger charge is 2.12. The van der Waals surface area contributed by atoms with Gasteiger partial charge in [0.25, 0.3) is 0 Å². The molecule has 19 heavy (non-hydrogen) atoms. The van der Waals surface area contributed by atoms with Gasteiger partial charge in [0, 0.05) is 18.1 Å². The Hall–Kier alpha value is -1.32. The van der Waals surface area contributed by atoms with E-state index < -0.39 is 5.82 Å². The standard InChI is InChI=1S/C14H13Cl2FN2/c15-8-12(6-10-4-2-1-3-5-10)19-14-13(17)7-11(16)9-18-14/h1-5,7,9,12H,6,8H2,(H,18,19). The monoisotopic (exact) mass is 298 g/mol. The van der Waals surface area contributed by atoms with Gasteiger partial charge in [-0.25, -0.2) is 9.37 Å². The number of anilines is 1. The molecule has 0 fully saturated rings. The fourth-order valence-corrected chi connectivity index (χ4v) is 2.09. The molecule has 100 valence electrons. The van der Waals surface area contributed by atoms with Gasteiger partial charge in [0.2, 0.25) is 0 Å². The van der Waals surface area contributed by atoms with Crippen molar-refractivity contribution in [2.75, 3.05) is 11.2 Å². The molecular formula is C14H13Cl2FN2. The predicted molar refractivity (Wildman–Crippen MR) is 77.5 cm³/mol. The highest BCUT2D eigenvalue weighted by atomic mass is 35.5. The molecule has 0 saturated carbocycles. The first-order valence-corrected chi connectivity index (χ1v) is 6.77. The van der Waals surface area contributed by atoms with Gasteiger partial charge in [-0.3, -0.25) is 0 Å². The smallest absolute Gasteiger partial charge is 0.166 e. The minimum atomic E-state index is -0.476. The summed E-state index contributed by atoms with van der Waals surface area (Å²) in [5, 5.41) is 3.27. The van der Waals surface area contributed by atoms with Crippen molar-refractivity contribution in [1.29, 1.82) is 0 Å². The summed E-state index contributed by atoms with van der Waals surface area (Å²) < 4.78 is 13.6. The Morgan fingerprint density at radius 1 is 1.26 bits per heavy atom. The molecule has 0 radical (unpaired) electrons. The van der Waals surface area contributed by atoms with E-state index in [-0.39, 0.29) is 16.9 Å². The molecule has 0 spiro atoms. The number of benzene rings is 1. The topological polar surface area (TPSA) is 24.9 Å². The van der Waals surface area contributed by atoms with Crippen LogP contribution in [0.1, 0.15) is 5.56 Å². The van der Waals surface area contributed by atoms with Crippen molar-refractivity contribution in [3.63, 3.8) is 0 Å². The molecule has 1 unspecified atom stereocenters. The van der Waals surface area contributed by atoms with Crippen LogP contribution in [0.25, 0.3) is 0 Å². The summed E-state index contributed by atoms with van der Waals surface area (Å²) in [6.45, 7) is 0. The van der Waals surface area contributed by atoms with Crippen molar-refractivity contribution in [2.45, 2.75) is 12.5 Å². The zero-order valence-corrected chi connectivity index (χ0v) is 11.6. The Morgan fingerprint density at radius 2 is 2.00 bits per heavy atom. The van der Waals surface area contributed by atoms with E-state index in [0.717, 1.165) is 5.56 Å². The van der Waals surface area contributed by atoms with Crippen LogP contribution in [-0.2, 0) is 6.42 Å². The number of aromatic nitrogens is 1. The second kappa shape index (κ2) is 6.73.